The number of aliphatic hydroxyl groups is 1. The van der Waals surface area contributed by atoms with Crippen LogP contribution >= 0.6 is 0 Å². The molecule has 5 heteroatoms. The van der Waals surface area contributed by atoms with Crippen LogP contribution in [0.5, 0.6) is 5.75 Å². The van der Waals surface area contributed by atoms with Gasteiger partial charge in [0.1, 0.15) is 5.75 Å². The summed E-state index contributed by atoms with van der Waals surface area (Å²) >= 11 is 0. The zero-order chi connectivity index (χ0) is 16.7. The van der Waals surface area contributed by atoms with E-state index in [2.05, 4.69) is 10.6 Å². The molecule has 122 valence electrons. The molecule has 0 aromatic heterocycles. The maximum Gasteiger partial charge on any atom is 0.319 e. The molecule has 0 fully saturated rings. The van der Waals surface area contributed by atoms with E-state index in [1.54, 1.807) is 24.3 Å². The van der Waals surface area contributed by atoms with Crippen LogP contribution < -0.4 is 15.4 Å². The van der Waals surface area contributed by atoms with E-state index in [0.29, 0.717) is 12.3 Å². The van der Waals surface area contributed by atoms with Gasteiger partial charge >= 0.3 is 6.03 Å². The maximum atomic E-state index is 11.8. The molecule has 0 aliphatic heterocycles. The Hall–Kier alpha value is -2.53. The van der Waals surface area contributed by atoms with Gasteiger partial charge < -0.3 is 20.5 Å². The number of urea groups is 1. The number of carbonyl (C=O) groups excluding carboxylic acids is 1. The molecule has 0 spiro atoms. The number of hydrogen-bond donors (Lipinski definition) is 3. The van der Waals surface area contributed by atoms with E-state index in [-0.39, 0.29) is 12.6 Å². The molecule has 0 unspecified atom stereocenters. The molecule has 0 aliphatic rings. The predicted octanol–water partition coefficient (Wildman–Crippen LogP) is 3.25. The van der Waals surface area contributed by atoms with Crippen LogP contribution in [0.4, 0.5) is 10.5 Å². The quantitative estimate of drug-likeness (QED) is 0.766. The number of anilines is 1. The second kappa shape index (κ2) is 8.19. The summed E-state index contributed by atoms with van der Waals surface area (Å²) in [5.41, 5.74) is 2.56. The average Bonchev–Trinajstić information content (AvgIpc) is 2.55. The van der Waals surface area contributed by atoms with E-state index in [9.17, 15) is 9.90 Å². The van der Waals surface area contributed by atoms with Crippen LogP contribution in [0.15, 0.2) is 48.5 Å². The predicted molar refractivity (Wildman–Crippen MR) is 90.8 cm³/mol. The van der Waals surface area contributed by atoms with Crippen molar-refractivity contribution in [2.24, 2.45) is 0 Å². The highest BCUT2D eigenvalue weighted by atomic mass is 16.5. The van der Waals surface area contributed by atoms with Gasteiger partial charge in [0.2, 0.25) is 0 Å². The molecule has 1 atom stereocenters. The molecule has 0 saturated carbocycles. The number of ether oxygens (including phenoxy) is 1. The molecule has 5 nitrogen and oxygen atoms in total. The van der Waals surface area contributed by atoms with Crippen molar-refractivity contribution in [2.75, 3.05) is 18.5 Å². The van der Waals surface area contributed by atoms with Gasteiger partial charge in [-0.1, -0.05) is 29.8 Å². The van der Waals surface area contributed by atoms with Gasteiger partial charge in [-0.25, -0.2) is 4.79 Å². The van der Waals surface area contributed by atoms with E-state index in [0.717, 1.165) is 16.9 Å². The Morgan fingerprint density at radius 3 is 2.39 bits per heavy atom. The van der Waals surface area contributed by atoms with Gasteiger partial charge in [-0.05, 0) is 43.7 Å². The molecule has 0 bridgehead atoms. The van der Waals surface area contributed by atoms with Gasteiger partial charge in [0.15, 0.2) is 0 Å². The van der Waals surface area contributed by atoms with Gasteiger partial charge in [-0.15, -0.1) is 0 Å². The maximum absolute atomic E-state index is 11.8. The van der Waals surface area contributed by atoms with Crippen LogP contribution in [0, 0.1) is 6.92 Å². The van der Waals surface area contributed by atoms with Gasteiger partial charge in [-0.3, -0.25) is 0 Å². The number of benzene rings is 2. The zero-order valence-electron chi connectivity index (χ0n) is 13.4. The number of rotatable bonds is 6. The number of aliphatic hydroxyl groups excluding tert-OH is 1. The lowest BCUT2D eigenvalue weighted by molar-refractivity contribution is 0.175. The fraction of sp³-hybridized carbons (Fsp3) is 0.278. The molecule has 0 radical (unpaired) electrons. The summed E-state index contributed by atoms with van der Waals surface area (Å²) in [6, 6.07) is 14.3. The fourth-order valence-electron chi connectivity index (χ4n) is 2.07. The first-order valence-corrected chi connectivity index (χ1v) is 7.61. The van der Waals surface area contributed by atoms with E-state index >= 15 is 0 Å². The third-order valence-corrected chi connectivity index (χ3v) is 3.34. The Labute approximate surface area is 136 Å². The molecule has 3 N–H and O–H groups in total. The Balaban J connectivity index is 1.81. The van der Waals surface area contributed by atoms with Crippen LogP contribution in [0.25, 0.3) is 0 Å². The van der Waals surface area contributed by atoms with Crippen molar-refractivity contribution in [2.45, 2.75) is 20.0 Å². The molecular weight excluding hydrogens is 292 g/mol. The summed E-state index contributed by atoms with van der Waals surface area (Å²) in [5, 5.41) is 15.4. The van der Waals surface area contributed by atoms with Crippen molar-refractivity contribution in [1.82, 2.24) is 5.32 Å². The van der Waals surface area contributed by atoms with E-state index in [4.69, 9.17) is 4.74 Å². The summed E-state index contributed by atoms with van der Waals surface area (Å²) in [4.78, 5) is 11.8. The first-order chi connectivity index (χ1) is 11.1. The Morgan fingerprint density at radius 2 is 1.78 bits per heavy atom. The number of carbonyl (C=O) groups is 1. The summed E-state index contributed by atoms with van der Waals surface area (Å²) in [6.45, 7) is 4.65. The number of aryl methyl sites for hydroxylation is 1. The number of amides is 2. The number of hydrogen-bond acceptors (Lipinski definition) is 3. The fourth-order valence-corrected chi connectivity index (χ4v) is 2.07. The highest BCUT2D eigenvalue weighted by molar-refractivity contribution is 5.89. The molecule has 2 amide bonds. The lowest BCUT2D eigenvalue weighted by Gasteiger charge is -2.13. The molecule has 0 aliphatic carbocycles. The lowest BCUT2D eigenvalue weighted by atomic mass is 10.1. The van der Waals surface area contributed by atoms with Crippen molar-refractivity contribution >= 4 is 11.7 Å². The molecule has 23 heavy (non-hydrogen) atoms. The lowest BCUT2D eigenvalue weighted by Crippen LogP contribution is -2.32. The van der Waals surface area contributed by atoms with Crippen molar-refractivity contribution in [1.29, 1.82) is 0 Å². The van der Waals surface area contributed by atoms with Gasteiger partial charge in [-0.2, -0.15) is 0 Å². The SMILES string of the molecule is CCOc1ccc(NC(=O)NC[C@H](O)c2ccc(C)cc2)cc1. The van der Waals surface area contributed by atoms with Gasteiger partial charge in [0.25, 0.3) is 0 Å². The minimum Gasteiger partial charge on any atom is -0.494 e. The van der Waals surface area contributed by atoms with E-state index < -0.39 is 6.10 Å². The monoisotopic (exact) mass is 314 g/mol. The smallest absolute Gasteiger partial charge is 0.319 e. The van der Waals surface area contributed by atoms with Crippen molar-refractivity contribution in [3.63, 3.8) is 0 Å². The second-order valence-corrected chi connectivity index (χ2v) is 5.22. The van der Waals surface area contributed by atoms with Gasteiger partial charge in [0, 0.05) is 12.2 Å². The molecule has 2 aromatic rings. The highest BCUT2D eigenvalue weighted by Crippen LogP contribution is 2.16. The minimum absolute atomic E-state index is 0.145. The van der Waals surface area contributed by atoms with Crippen molar-refractivity contribution < 1.29 is 14.6 Å². The largest absolute Gasteiger partial charge is 0.494 e. The van der Waals surface area contributed by atoms with Crippen LogP contribution in [-0.4, -0.2) is 24.3 Å². The standard InChI is InChI=1S/C18H22N2O3/c1-3-23-16-10-8-15(9-11-16)20-18(22)19-12-17(21)14-6-4-13(2)5-7-14/h4-11,17,21H,3,12H2,1-2H3,(H2,19,20,22)/t17-/m0/s1. The zero-order valence-corrected chi connectivity index (χ0v) is 13.4. The molecule has 0 heterocycles. The van der Waals surface area contributed by atoms with Crippen LogP contribution in [0.2, 0.25) is 0 Å². The third-order valence-electron chi connectivity index (χ3n) is 3.34. The van der Waals surface area contributed by atoms with E-state index in [1.807, 2.05) is 38.1 Å². The van der Waals surface area contributed by atoms with Crippen molar-refractivity contribution in [3.8, 4) is 5.75 Å². The number of nitrogens with one attached hydrogen (secondary N) is 2. The summed E-state index contributed by atoms with van der Waals surface area (Å²) in [6.07, 6.45) is -0.735. The Morgan fingerprint density at radius 1 is 1.13 bits per heavy atom. The topological polar surface area (TPSA) is 70.6 Å². The highest BCUT2D eigenvalue weighted by Gasteiger charge is 2.09. The molecular formula is C18H22N2O3. The summed E-state index contributed by atoms with van der Waals surface area (Å²) in [5.74, 6) is 0.758. The first kappa shape index (κ1) is 16.8. The van der Waals surface area contributed by atoms with Crippen molar-refractivity contribution in [3.05, 3.63) is 59.7 Å². The van der Waals surface area contributed by atoms with Crippen LogP contribution in [-0.2, 0) is 0 Å². The second-order valence-electron chi connectivity index (χ2n) is 5.22. The average molecular weight is 314 g/mol. The van der Waals surface area contributed by atoms with E-state index in [1.165, 1.54) is 0 Å². The summed E-state index contributed by atoms with van der Waals surface area (Å²) in [7, 11) is 0. The molecule has 2 rings (SSSR count). The minimum atomic E-state index is -0.735. The first-order valence-electron chi connectivity index (χ1n) is 7.61. The molecule has 2 aromatic carbocycles. The van der Waals surface area contributed by atoms with Crippen LogP contribution in [0.1, 0.15) is 24.2 Å². The Bertz CT molecular complexity index is 624. The van der Waals surface area contributed by atoms with Gasteiger partial charge in [0.05, 0.1) is 12.7 Å². The summed E-state index contributed by atoms with van der Waals surface area (Å²) < 4.78 is 5.34. The third kappa shape index (κ3) is 5.30. The molecule has 0 saturated heterocycles. The Kier molecular flexibility index (Phi) is 6.00. The van der Waals surface area contributed by atoms with Crippen LogP contribution in [0.3, 0.4) is 0 Å². The normalized spacial score (nSPS) is 11.6.